The van der Waals surface area contributed by atoms with E-state index in [1.54, 1.807) is 11.6 Å². The van der Waals surface area contributed by atoms with E-state index in [1.165, 1.54) is 17.3 Å². The van der Waals surface area contributed by atoms with Gasteiger partial charge in [-0.25, -0.2) is 4.98 Å². The molecule has 0 amide bonds. The first kappa shape index (κ1) is 18.3. The van der Waals surface area contributed by atoms with Gasteiger partial charge in [0.25, 0.3) is 5.56 Å². The molecule has 1 heterocycles. The first-order valence-electron chi connectivity index (χ1n) is 9.06. The molecule has 0 spiro atoms. The van der Waals surface area contributed by atoms with Gasteiger partial charge >= 0.3 is 0 Å². The molecule has 28 heavy (non-hydrogen) atoms. The fourth-order valence-corrected chi connectivity index (χ4v) is 4.20. The van der Waals surface area contributed by atoms with Crippen molar-refractivity contribution in [3.63, 3.8) is 0 Å². The number of hydrogen-bond donors (Lipinski definition) is 0. The van der Waals surface area contributed by atoms with Gasteiger partial charge in [0.05, 0.1) is 17.0 Å². The molecule has 0 aliphatic carbocycles. The van der Waals surface area contributed by atoms with Crippen LogP contribution in [0.4, 0.5) is 0 Å². The molecule has 0 N–H and O–H groups in total. The smallest absolute Gasteiger partial charge is 0.261 e. The molecule has 0 bridgehead atoms. The van der Waals surface area contributed by atoms with E-state index in [0.717, 1.165) is 16.3 Å². The molecule has 0 fully saturated rings. The van der Waals surface area contributed by atoms with Gasteiger partial charge in [0.15, 0.2) is 5.16 Å². The van der Waals surface area contributed by atoms with Crippen molar-refractivity contribution < 1.29 is 0 Å². The normalized spacial score (nSPS) is 12.2. The van der Waals surface area contributed by atoms with E-state index in [1.807, 2.05) is 67.6 Å². The molecule has 5 heteroatoms. The SMILES string of the molecule is Cc1ccc(C[C@@H](C#N)Sc2nc3cc4ccccc4cc3c(=O)n2C)cc1. The van der Waals surface area contributed by atoms with Gasteiger partial charge in [-0.15, -0.1) is 0 Å². The van der Waals surface area contributed by atoms with E-state index < -0.39 is 0 Å². The Morgan fingerprint density at radius 3 is 2.46 bits per heavy atom. The van der Waals surface area contributed by atoms with Crippen LogP contribution in [-0.2, 0) is 13.5 Å². The Morgan fingerprint density at radius 1 is 1.11 bits per heavy atom. The van der Waals surface area contributed by atoms with E-state index in [9.17, 15) is 10.1 Å². The third-order valence-electron chi connectivity index (χ3n) is 4.84. The van der Waals surface area contributed by atoms with Crippen LogP contribution in [0.2, 0.25) is 0 Å². The Balaban J connectivity index is 1.72. The van der Waals surface area contributed by atoms with E-state index in [2.05, 4.69) is 6.07 Å². The van der Waals surface area contributed by atoms with Gasteiger partial charge in [0.2, 0.25) is 0 Å². The minimum Gasteiger partial charge on any atom is -0.290 e. The predicted octanol–water partition coefficient (Wildman–Crippen LogP) is 4.62. The summed E-state index contributed by atoms with van der Waals surface area (Å²) >= 11 is 1.34. The summed E-state index contributed by atoms with van der Waals surface area (Å²) in [5.74, 6) is 0. The van der Waals surface area contributed by atoms with Crippen LogP contribution in [0.1, 0.15) is 11.1 Å². The summed E-state index contributed by atoms with van der Waals surface area (Å²) in [6.07, 6.45) is 0.604. The molecule has 0 aliphatic heterocycles. The Morgan fingerprint density at radius 2 is 1.79 bits per heavy atom. The van der Waals surface area contributed by atoms with Crippen LogP contribution >= 0.6 is 11.8 Å². The Kier molecular flexibility index (Phi) is 4.89. The highest BCUT2D eigenvalue weighted by atomic mass is 32.2. The molecular formula is C23H19N3OS. The number of hydrogen-bond acceptors (Lipinski definition) is 4. The number of benzene rings is 3. The summed E-state index contributed by atoms with van der Waals surface area (Å²) in [6, 6.07) is 22.3. The fraction of sp³-hybridized carbons (Fsp3) is 0.174. The summed E-state index contributed by atoms with van der Waals surface area (Å²) in [5.41, 5.74) is 2.86. The number of thioether (sulfide) groups is 1. The zero-order chi connectivity index (χ0) is 19.7. The molecule has 0 saturated carbocycles. The maximum Gasteiger partial charge on any atom is 0.261 e. The number of nitrogens with zero attached hydrogens (tertiary/aromatic N) is 3. The summed E-state index contributed by atoms with van der Waals surface area (Å²) in [6.45, 7) is 2.04. The molecular weight excluding hydrogens is 366 g/mol. The van der Waals surface area contributed by atoms with Gasteiger partial charge in [0.1, 0.15) is 5.25 Å². The monoisotopic (exact) mass is 385 g/mol. The molecule has 4 nitrogen and oxygen atoms in total. The maximum atomic E-state index is 12.9. The van der Waals surface area contributed by atoms with Crippen molar-refractivity contribution in [1.82, 2.24) is 9.55 Å². The first-order chi connectivity index (χ1) is 13.5. The van der Waals surface area contributed by atoms with Crippen LogP contribution < -0.4 is 5.56 Å². The fourth-order valence-electron chi connectivity index (χ4n) is 3.22. The molecule has 138 valence electrons. The second kappa shape index (κ2) is 7.49. The lowest BCUT2D eigenvalue weighted by molar-refractivity contribution is 0.724. The lowest BCUT2D eigenvalue weighted by Gasteiger charge is -2.13. The second-order valence-corrected chi connectivity index (χ2v) is 8.07. The first-order valence-corrected chi connectivity index (χ1v) is 9.94. The van der Waals surface area contributed by atoms with E-state index in [-0.39, 0.29) is 10.8 Å². The standard InChI is InChI=1S/C23H19N3OS/c1-15-7-9-16(10-8-15)11-19(14-24)28-23-25-21-13-18-6-4-3-5-17(18)12-20(21)22(27)26(23)2/h3-10,12-13,19H,11H2,1-2H3/t19-/m0/s1. The second-order valence-electron chi connectivity index (χ2n) is 6.90. The summed E-state index contributed by atoms with van der Waals surface area (Å²) in [4.78, 5) is 17.6. The van der Waals surface area contributed by atoms with Gasteiger partial charge in [-0.3, -0.25) is 9.36 Å². The average Bonchev–Trinajstić information content (AvgIpc) is 2.71. The largest absolute Gasteiger partial charge is 0.290 e. The molecule has 4 rings (SSSR count). The Bertz CT molecular complexity index is 1270. The zero-order valence-corrected chi connectivity index (χ0v) is 16.5. The van der Waals surface area contributed by atoms with E-state index >= 15 is 0 Å². The van der Waals surface area contributed by atoms with Crippen LogP contribution in [-0.4, -0.2) is 14.8 Å². The van der Waals surface area contributed by atoms with Crippen molar-refractivity contribution in [3.8, 4) is 6.07 Å². The summed E-state index contributed by atoms with van der Waals surface area (Å²) in [5, 5.41) is 12.5. The van der Waals surface area contributed by atoms with Crippen LogP contribution in [0, 0.1) is 18.3 Å². The van der Waals surface area contributed by atoms with Crippen molar-refractivity contribution in [1.29, 1.82) is 5.26 Å². The number of fused-ring (bicyclic) bond motifs is 2. The summed E-state index contributed by atoms with van der Waals surface area (Å²) < 4.78 is 1.54. The topological polar surface area (TPSA) is 58.7 Å². The molecule has 0 saturated heterocycles. The lowest BCUT2D eigenvalue weighted by atomic mass is 10.1. The van der Waals surface area contributed by atoms with Crippen molar-refractivity contribution in [2.45, 2.75) is 23.8 Å². The van der Waals surface area contributed by atoms with Gasteiger partial charge in [-0.2, -0.15) is 5.26 Å². The minimum absolute atomic E-state index is 0.0923. The van der Waals surface area contributed by atoms with Gasteiger partial charge in [0, 0.05) is 7.05 Å². The minimum atomic E-state index is -0.321. The molecule has 1 aromatic heterocycles. The Labute approximate surface area is 167 Å². The van der Waals surface area contributed by atoms with E-state index in [0.29, 0.717) is 22.5 Å². The molecule has 0 aliphatic rings. The quantitative estimate of drug-likeness (QED) is 0.292. The van der Waals surface area contributed by atoms with Crippen molar-refractivity contribution in [2.75, 3.05) is 0 Å². The van der Waals surface area contributed by atoms with Crippen LogP contribution in [0.5, 0.6) is 0 Å². The number of aromatic nitrogens is 2. The van der Waals surface area contributed by atoms with Crippen LogP contribution in [0.25, 0.3) is 21.7 Å². The Hall–Kier alpha value is -3.10. The average molecular weight is 385 g/mol. The molecule has 1 atom stereocenters. The van der Waals surface area contributed by atoms with Crippen molar-refractivity contribution >= 4 is 33.4 Å². The lowest BCUT2D eigenvalue weighted by Crippen LogP contribution is -2.21. The van der Waals surface area contributed by atoms with Crippen LogP contribution in [0.3, 0.4) is 0 Å². The van der Waals surface area contributed by atoms with E-state index in [4.69, 9.17) is 4.98 Å². The van der Waals surface area contributed by atoms with Crippen molar-refractivity contribution in [3.05, 3.63) is 82.1 Å². The van der Waals surface area contributed by atoms with Crippen LogP contribution in [0.15, 0.2) is 70.6 Å². The maximum absolute atomic E-state index is 12.9. The number of rotatable bonds is 4. The predicted molar refractivity (Wildman–Crippen MR) is 115 cm³/mol. The number of nitriles is 1. The zero-order valence-electron chi connectivity index (χ0n) is 15.7. The number of aryl methyl sites for hydroxylation is 1. The highest BCUT2D eigenvalue weighted by molar-refractivity contribution is 8.00. The third kappa shape index (κ3) is 3.51. The van der Waals surface area contributed by atoms with Gasteiger partial charge in [-0.05, 0) is 41.8 Å². The molecule has 4 aromatic rings. The molecule has 0 unspecified atom stereocenters. The molecule has 3 aromatic carbocycles. The van der Waals surface area contributed by atoms with Gasteiger partial charge in [-0.1, -0.05) is 65.9 Å². The van der Waals surface area contributed by atoms with Gasteiger partial charge < -0.3 is 0 Å². The van der Waals surface area contributed by atoms with Crippen molar-refractivity contribution in [2.24, 2.45) is 7.05 Å². The third-order valence-corrected chi connectivity index (χ3v) is 5.97. The molecule has 0 radical (unpaired) electrons. The highest BCUT2D eigenvalue weighted by Gasteiger charge is 2.16. The summed E-state index contributed by atoms with van der Waals surface area (Å²) in [7, 11) is 1.71. The highest BCUT2D eigenvalue weighted by Crippen LogP contribution is 2.26.